The molecule has 1 fully saturated rings. The minimum absolute atomic E-state index is 0.187. The number of aliphatic hydroxyl groups is 1. The predicted octanol–water partition coefficient (Wildman–Crippen LogP) is 0.966. The fourth-order valence-corrected chi connectivity index (χ4v) is 1.98. The molecule has 0 aromatic carbocycles. The van der Waals surface area contributed by atoms with Crippen LogP contribution in [-0.4, -0.2) is 22.8 Å². The molecule has 0 aromatic rings. The van der Waals surface area contributed by atoms with E-state index in [4.69, 9.17) is 5.11 Å². The van der Waals surface area contributed by atoms with Crippen LogP contribution in [0.3, 0.4) is 0 Å². The van der Waals surface area contributed by atoms with Crippen LogP contribution >= 0.6 is 23.5 Å². The second-order valence-electron chi connectivity index (χ2n) is 1.69. The Labute approximate surface area is 67.3 Å². The fraction of sp³-hybridized carbons (Fsp3) is 0.400. The van der Waals surface area contributed by atoms with Crippen molar-refractivity contribution in [3.05, 3.63) is 10.3 Å². The van der Waals surface area contributed by atoms with Gasteiger partial charge in [0.1, 0.15) is 0 Å². The summed E-state index contributed by atoms with van der Waals surface area (Å²) in [4.78, 5) is 11.3. The SMILES string of the molecule is CS/C=C1\SC(=O)NC1O. The molecule has 0 bridgehead atoms. The van der Waals surface area contributed by atoms with Gasteiger partial charge in [0.25, 0.3) is 5.24 Å². The van der Waals surface area contributed by atoms with Gasteiger partial charge in [0.15, 0.2) is 6.23 Å². The number of carbonyl (C=O) groups is 1. The van der Waals surface area contributed by atoms with Gasteiger partial charge in [0.05, 0.1) is 0 Å². The van der Waals surface area contributed by atoms with E-state index in [2.05, 4.69) is 5.32 Å². The molecule has 3 nitrogen and oxygen atoms in total. The van der Waals surface area contributed by atoms with Gasteiger partial charge in [-0.3, -0.25) is 4.79 Å². The molecule has 0 aromatic heterocycles. The maximum Gasteiger partial charge on any atom is 0.286 e. The lowest BCUT2D eigenvalue weighted by Gasteiger charge is -1.98. The van der Waals surface area contributed by atoms with Crippen LogP contribution in [-0.2, 0) is 0 Å². The van der Waals surface area contributed by atoms with Crippen molar-refractivity contribution >= 4 is 28.8 Å². The summed E-state index contributed by atoms with van der Waals surface area (Å²) in [5, 5.41) is 13.0. The Morgan fingerprint density at radius 1 is 1.90 bits per heavy atom. The van der Waals surface area contributed by atoms with Crippen molar-refractivity contribution in [2.75, 3.05) is 6.26 Å². The third-order valence-corrected chi connectivity index (χ3v) is 2.49. The Balaban J connectivity index is 2.63. The third kappa shape index (κ3) is 1.68. The molecule has 1 aliphatic heterocycles. The van der Waals surface area contributed by atoms with Gasteiger partial charge in [-0.05, 0) is 23.4 Å². The summed E-state index contributed by atoms with van der Waals surface area (Å²) in [5.41, 5.74) is 0. The lowest BCUT2D eigenvalue weighted by Crippen LogP contribution is -2.23. The van der Waals surface area contributed by atoms with E-state index in [0.29, 0.717) is 4.91 Å². The summed E-state index contributed by atoms with van der Waals surface area (Å²) in [6, 6.07) is 0. The molecule has 1 rings (SSSR count). The van der Waals surface area contributed by atoms with Gasteiger partial charge in [-0.1, -0.05) is 0 Å². The van der Waals surface area contributed by atoms with Crippen LogP contribution in [0.25, 0.3) is 0 Å². The molecule has 2 N–H and O–H groups in total. The zero-order chi connectivity index (χ0) is 7.56. The number of amides is 1. The normalized spacial score (nSPS) is 29.2. The number of hydrogen-bond donors (Lipinski definition) is 2. The second kappa shape index (κ2) is 3.32. The van der Waals surface area contributed by atoms with E-state index in [0.717, 1.165) is 11.8 Å². The highest BCUT2D eigenvalue weighted by atomic mass is 32.2. The molecule has 1 heterocycles. The van der Waals surface area contributed by atoms with E-state index in [1.54, 1.807) is 5.41 Å². The summed E-state index contributed by atoms with van der Waals surface area (Å²) in [6.07, 6.45) is 1.09. The van der Waals surface area contributed by atoms with E-state index in [9.17, 15) is 4.79 Å². The van der Waals surface area contributed by atoms with Gasteiger partial charge in [0, 0.05) is 4.91 Å². The Morgan fingerprint density at radius 3 is 3.00 bits per heavy atom. The van der Waals surface area contributed by atoms with Crippen molar-refractivity contribution in [1.82, 2.24) is 5.32 Å². The van der Waals surface area contributed by atoms with Crippen LogP contribution in [0.4, 0.5) is 4.79 Å². The van der Waals surface area contributed by atoms with Crippen LogP contribution in [0, 0.1) is 0 Å². The lowest BCUT2D eigenvalue weighted by molar-refractivity contribution is 0.191. The first-order valence-electron chi connectivity index (χ1n) is 2.63. The highest BCUT2D eigenvalue weighted by molar-refractivity contribution is 8.18. The van der Waals surface area contributed by atoms with Crippen LogP contribution in [0.2, 0.25) is 0 Å². The lowest BCUT2D eigenvalue weighted by atomic mass is 10.5. The second-order valence-corrected chi connectivity index (χ2v) is 3.45. The van der Waals surface area contributed by atoms with Gasteiger partial charge in [-0.15, -0.1) is 11.8 Å². The van der Waals surface area contributed by atoms with E-state index < -0.39 is 6.23 Å². The first kappa shape index (κ1) is 7.97. The van der Waals surface area contributed by atoms with Gasteiger partial charge >= 0.3 is 0 Å². The number of thioether (sulfide) groups is 2. The fourth-order valence-electron chi connectivity index (χ4n) is 0.580. The van der Waals surface area contributed by atoms with Crippen LogP contribution in [0.15, 0.2) is 10.3 Å². The Bertz CT molecular complexity index is 180. The van der Waals surface area contributed by atoms with Crippen LogP contribution in [0.1, 0.15) is 0 Å². The number of carbonyl (C=O) groups excluding carboxylic acids is 1. The molecule has 1 unspecified atom stereocenters. The summed E-state index contributed by atoms with van der Waals surface area (Å²) in [7, 11) is 0. The predicted molar refractivity (Wildman–Crippen MR) is 43.7 cm³/mol. The van der Waals surface area contributed by atoms with Crippen molar-refractivity contribution in [3.63, 3.8) is 0 Å². The summed E-state index contributed by atoms with van der Waals surface area (Å²) >= 11 is 2.51. The minimum Gasteiger partial charge on any atom is -0.369 e. The molecule has 0 spiro atoms. The monoisotopic (exact) mass is 177 g/mol. The number of rotatable bonds is 1. The standard InChI is InChI=1S/C5H7NO2S2/c1-9-2-3-4(7)6-5(8)10-3/h2,4,7H,1H3,(H,6,8)/b3-2-. The number of hydrogen-bond acceptors (Lipinski definition) is 4. The van der Waals surface area contributed by atoms with Crippen LogP contribution in [0.5, 0.6) is 0 Å². The first-order chi connectivity index (χ1) is 4.74. The Hall–Kier alpha value is -0.130. The first-order valence-corrected chi connectivity index (χ1v) is 4.73. The largest absolute Gasteiger partial charge is 0.369 e. The van der Waals surface area contributed by atoms with E-state index in [1.807, 2.05) is 6.26 Å². The molecule has 1 saturated heterocycles. The molecule has 10 heavy (non-hydrogen) atoms. The van der Waals surface area contributed by atoms with Gasteiger partial charge in [-0.2, -0.15) is 0 Å². The third-order valence-electron chi connectivity index (χ3n) is 0.969. The average molecular weight is 177 g/mol. The van der Waals surface area contributed by atoms with Gasteiger partial charge in [0.2, 0.25) is 0 Å². The van der Waals surface area contributed by atoms with Crippen molar-refractivity contribution in [2.24, 2.45) is 0 Å². The van der Waals surface area contributed by atoms with Crippen molar-refractivity contribution in [2.45, 2.75) is 6.23 Å². The summed E-state index contributed by atoms with van der Waals surface area (Å²) in [5.74, 6) is 0. The topological polar surface area (TPSA) is 49.3 Å². The highest BCUT2D eigenvalue weighted by Gasteiger charge is 2.24. The maximum atomic E-state index is 10.6. The molecule has 0 radical (unpaired) electrons. The highest BCUT2D eigenvalue weighted by Crippen LogP contribution is 2.27. The smallest absolute Gasteiger partial charge is 0.286 e. The molecule has 5 heteroatoms. The maximum absolute atomic E-state index is 10.6. The molecule has 0 saturated carbocycles. The zero-order valence-corrected chi connectivity index (χ0v) is 6.96. The molecule has 56 valence electrons. The van der Waals surface area contributed by atoms with Gasteiger partial charge in [-0.25, -0.2) is 0 Å². The Kier molecular flexibility index (Phi) is 2.64. The minimum atomic E-state index is -0.787. The molecular weight excluding hydrogens is 170 g/mol. The van der Waals surface area contributed by atoms with Crippen molar-refractivity contribution in [3.8, 4) is 0 Å². The molecule has 1 amide bonds. The molecule has 1 atom stereocenters. The summed E-state index contributed by atoms with van der Waals surface area (Å²) in [6.45, 7) is 0. The molecular formula is C5H7NO2S2. The summed E-state index contributed by atoms with van der Waals surface area (Å²) < 4.78 is 0. The molecule has 0 aliphatic carbocycles. The van der Waals surface area contributed by atoms with E-state index in [-0.39, 0.29) is 5.24 Å². The van der Waals surface area contributed by atoms with Crippen molar-refractivity contribution < 1.29 is 9.90 Å². The van der Waals surface area contributed by atoms with Crippen molar-refractivity contribution in [1.29, 1.82) is 0 Å². The zero-order valence-electron chi connectivity index (χ0n) is 5.33. The quantitative estimate of drug-likeness (QED) is 0.626. The molecule has 1 aliphatic rings. The van der Waals surface area contributed by atoms with Crippen LogP contribution < -0.4 is 5.32 Å². The average Bonchev–Trinajstić information content (AvgIpc) is 2.13. The Morgan fingerprint density at radius 2 is 2.60 bits per heavy atom. The van der Waals surface area contributed by atoms with E-state index in [1.165, 1.54) is 11.8 Å². The van der Waals surface area contributed by atoms with Gasteiger partial charge < -0.3 is 10.4 Å². The number of aliphatic hydroxyl groups excluding tert-OH is 1. The van der Waals surface area contributed by atoms with E-state index >= 15 is 0 Å². The number of nitrogens with one attached hydrogen (secondary N) is 1.